The van der Waals surface area contributed by atoms with Gasteiger partial charge in [0.15, 0.2) is 0 Å². The van der Waals surface area contributed by atoms with Gasteiger partial charge < -0.3 is 5.32 Å². The number of anilines is 1. The zero-order valence-electron chi connectivity index (χ0n) is 9.71. The van der Waals surface area contributed by atoms with Gasteiger partial charge in [-0.3, -0.25) is 4.79 Å². The summed E-state index contributed by atoms with van der Waals surface area (Å²) in [5.41, 5.74) is 2.05. The van der Waals surface area contributed by atoms with Crippen LogP contribution < -0.4 is 5.32 Å². The number of nitrogens with one attached hydrogen (secondary N) is 1. The summed E-state index contributed by atoms with van der Waals surface area (Å²) in [6.07, 6.45) is 0. The van der Waals surface area contributed by atoms with Crippen LogP contribution in [0.5, 0.6) is 0 Å². The zero-order valence-corrected chi connectivity index (χ0v) is 11.2. The van der Waals surface area contributed by atoms with Crippen molar-refractivity contribution < 1.29 is 4.79 Å². The van der Waals surface area contributed by atoms with E-state index in [0.717, 1.165) is 5.56 Å². The van der Waals surface area contributed by atoms with Crippen LogP contribution in [0, 0.1) is 6.92 Å². The van der Waals surface area contributed by atoms with E-state index >= 15 is 0 Å². The Morgan fingerprint density at radius 3 is 2.50 bits per heavy atom. The van der Waals surface area contributed by atoms with Crippen molar-refractivity contribution in [1.82, 2.24) is 0 Å². The molecule has 0 spiro atoms. The Balaban J connectivity index is 2.27. The normalized spacial score (nSPS) is 10.2. The van der Waals surface area contributed by atoms with Gasteiger partial charge in [0.1, 0.15) is 0 Å². The van der Waals surface area contributed by atoms with E-state index in [9.17, 15) is 4.79 Å². The van der Waals surface area contributed by atoms with Gasteiger partial charge in [-0.15, -0.1) is 0 Å². The second kappa shape index (κ2) is 5.42. The first-order chi connectivity index (χ1) is 8.58. The third-order valence-electron chi connectivity index (χ3n) is 2.55. The highest BCUT2D eigenvalue weighted by atomic mass is 35.5. The molecule has 0 aliphatic carbocycles. The lowest BCUT2D eigenvalue weighted by Gasteiger charge is -2.10. The van der Waals surface area contributed by atoms with E-state index in [2.05, 4.69) is 5.32 Å². The minimum absolute atomic E-state index is 0.228. The van der Waals surface area contributed by atoms with Crippen LogP contribution in [0.2, 0.25) is 10.0 Å². The van der Waals surface area contributed by atoms with E-state index in [1.165, 1.54) is 0 Å². The molecular weight excluding hydrogens is 269 g/mol. The van der Waals surface area contributed by atoms with Gasteiger partial charge in [-0.05, 0) is 36.8 Å². The Morgan fingerprint density at radius 1 is 1.11 bits per heavy atom. The minimum atomic E-state index is -0.228. The van der Waals surface area contributed by atoms with Crippen LogP contribution in [0.25, 0.3) is 0 Å². The third-order valence-corrected chi connectivity index (χ3v) is 3.10. The topological polar surface area (TPSA) is 29.1 Å². The molecule has 2 aromatic carbocycles. The monoisotopic (exact) mass is 279 g/mol. The Labute approximate surface area is 116 Å². The summed E-state index contributed by atoms with van der Waals surface area (Å²) < 4.78 is 0. The molecule has 0 unspecified atom stereocenters. The predicted molar refractivity (Wildman–Crippen MR) is 75.6 cm³/mol. The van der Waals surface area contributed by atoms with Crippen molar-refractivity contribution in [2.24, 2.45) is 0 Å². The summed E-state index contributed by atoms with van der Waals surface area (Å²) in [4.78, 5) is 12.0. The van der Waals surface area contributed by atoms with E-state index in [1.54, 1.807) is 30.3 Å². The first-order valence-corrected chi connectivity index (χ1v) is 6.15. The highest BCUT2D eigenvalue weighted by Gasteiger charge is 2.10. The fraction of sp³-hybridized carbons (Fsp3) is 0.0714. The Bertz CT molecular complexity index is 576. The smallest absolute Gasteiger partial charge is 0.255 e. The van der Waals surface area contributed by atoms with E-state index < -0.39 is 0 Å². The van der Waals surface area contributed by atoms with Gasteiger partial charge in [0.05, 0.1) is 10.7 Å². The van der Waals surface area contributed by atoms with Crippen molar-refractivity contribution in [3.8, 4) is 0 Å². The largest absolute Gasteiger partial charge is 0.320 e. The molecule has 0 fully saturated rings. The maximum absolute atomic E-state index is 12.0. The van der Waals surface area contributed by atoms with Crippen molar-refractivity contribution in [3.05, 3.63) is 63.6 Å². The summed E-state index contributed by atoms with van der Waals surface area (Å²) in [5, 5.41) is 3.84. The van der Waals surface area contributed by atoms with Crippen LogP contribution in [0.1, 0.15) is 15.9 Å². The van der Waals surface area contributed by atoms with Gasteiger partial charge in [-0.1, -0.05) is 41.4 Å². The average Bonchev–Trinajstić information content (AvgIpc) is 2.34. The highest BCUT2D eigenvalue weighted by Crippen LogP contribution is 2.26. The molecule has 0 aromatic heterocycles. The van der Waals surface area contributed by atoms with Crippen LogP contribution in [0.3, 0.4) is 0 Å². The molecule has 0 radical (unpaired) electrons. The fourth-order valence-corrected chi connectivity index (χ4v) is 2.06. The maximum atomic E-state index is 12.0. The molecule has 0 atom stereocenters. The summed E-state index contributed by atoms with van der Waals surface area (Å²) in [6, 6.07) is 12.2. The summed E-state index contributed by atoms with van der Waals surface area (Å²) >= 11 is 11.9. The van der Waals surface area contributed by atoms with Gasteiger partial charge in [0.25, 0.3) is 5.91 Å². The number of halogens is 2. The van der Waals surface area contributed by atoms with Crippen molar-refractivity contribution in [2.45, 2.75) is 6.92 Å². The van der Waals surface area contributed by atoms with Gasteiger partial charge in [0, 0.05) is 10.6 Å². The van der Waals surface area contributed by atoms with E-state index in [-0.39, 0.29) is 5.91 Å². The lowest BCUT2D eigenvalue weighted by molar-refractivity contribution is 0.102. The SMILES string of the molecule is Cc1cccc(Cl)c1NC(=O)c1cccc(Cl)c1. The summed E-state index contributed by atoms with van der Waals surface area (Å²) in [6.45, 7) is 1.89. The van der Waals surface area contributed by atoms with Crippen molar-refractivity contribution in [1.29, 1.82) is 0 Å². The summed E-state index contributed by atoms with van der Waals surface area (Å²) in [5.74, 6) is -0.228. The molecular formula is C14H11Cl2NO. The molecule has 2 aromatic rings. The number of para-hydroxylation sites is 1. The van der Waals surface area contributed by atoms with Crippen LogP contribution in [0.4, 0.5) is 5.69 Å². The molecule has 0 saturated carbocycles. The Morgan fingerprint density at radius 2 is 1.83 bits per heavy atom. The number of carbonyl (C=O) groups excluding carboxylic acids is 1. The van der Waals surface area contributed by atoms with E-state index in [0.29, 0.717) is 21.3 Å². The lowest BCUT2D eigenvalue weighted by Crippen LogP contribution is -2.13. The number of benzene rings is 2. The van der Waals surface area contributed by atoms with Gasteiger partial charge >= 0.3 is 0 Å². The molecule has 92 valence electrons. The van der Waals surface area contributed by atoms with Crippen LogP contribution in [-0.2, 0) is 0 Å². The van der Waals surface area contributed by atoms with Gasteiger partial charge in [0.2, 0.25) is 0 Å². The molecule has 1 N–H and O–H groups in total. The van der Waals surface area contributed by atoms with Gasteiger partial charge in [-0.2, -0.15) is 0 Å². The number of hydrogen-bond acceptors (Lipinski definition) is 1. The second-order valence-corrected chi connectivity index (χ2v) is 4.74. The molecule has 4 heteroatoms. The van der Waals surface area contributed by atoms with Crippen molar-refractivity contribution >= 4 is 34.8 Å². The van der Waals surface area contributed by atoms with Crippen molar-refractivity contribution in [3.63, 3.8) is 0 Å². The molecule has 1 amide bonds. The van der Waals surface area contributed by atoms with Crippen LogP contribution in [-0.4, -0.2) is 5.91 Å². The Kier molecular flexibility index (Phi) is 3.90. The number of aryl methyl sites for hydroxylation is 1. The molecule has 0 aliphatic rings. The first kappa shape index (κ1) is 12.9. The predicted octanol–water partition coefficient (Wildman–Crippen LogP) is 4.55. The first-order valence-electron chi connectivity index (χ1n) is 5.40. The maximum Gasteiger partial charge on any atom is 0.255 e. The van der Waals surface area contributed by atoms with E-state index in [1.807, 2.05) is 19.1 Å². The molecule has 2 rings (SSSR count). The fourth-order valence-electron chi connectivity index (χ4n) is 1.61. The standard InChI is InChI=1S/C14H11Cl2NO/c1-9-4-2-7-12(16)13(9)17-14(18)10-5-3-6-11(15)8-10/h2-8H,1H3,(H,17,18). The van der Waals surface area contributed by atoms with Crippen LogP contribution >= 0.6 is 23.2 Å². The molecule has 0 aliphatic heterocycles. The highest BCUT2D eigenvalue weighted by molar-refractivity contribution is 6.34. The number of rotatable bonds is 2. The van der Waals surface area contributed by atoms with Crippen LogP contribution in [0.15, 0.2) is 42.5 Å². The molecule has 0 heterocycles. The zero-order chi connectivity index (χ0) is 13.1. The molecule has 0 bridgehead atoms. The van der Waals surface area contributed by atoms with Crippen molar-refractivity contribution in [2.75, 3.05) is 5.32 Å². The van der Waals surface area contributed by atoms with E-state index in [4.69, 9.17) is 23.2 Å². The lowest BCUT2D eigenvalue weighted by atomic mass is 10.1. The minimum Gasteiger partial charge on any atom is -0.320 e. The number of amides is 1. The summed E-state index contributed by atoms with van der Waals surface area (Å²) in [7, 11) is 0. The number of hydrogen-bond donors (Lipinski definition) is 1. The quantitative estimate of drug-likeness (QED) is 0.858. The average molecular weight is 280 g/mol. The number of carbonyl (C=O) groups is 1. The molecule has 2 nitrogen and oxygen atoms in total. The second-order valence-electron chi connectivity index (χ2n) is 3.90. The van der Waals surface area contributed by atoms with Gasteiger partial charge in [-0.25, -0.2) is 0 Å². The molecule has 0 saturated heterocycles. The molecule has 18 heavy (non-hydrogen) atoms. The third kappa shape index (κ3) is 2.84. The Hall–Kier alpha value is -1.51.